The summed E-state index contributed by atoms with van der Waals surface area (Å²) >= 11 is 5.81. The van der Waals surface area contributed by atoms with Crippen molar-refractivity contribution in [1.82, 2.24) is 9.97 Å². The largest absolute Gasteiger partial charge is 0.378 e. The zero-order chi connectivity index (χ0) is 10.3. The Hall–Kier alpha value is -0.710. The molecule has 1 fully saturated rings. The molecule has 4 nitrogen and oxygen atoms in total. The lowest BCUT2D eigenvalue weighted by Gasteiger charge is -2.32. The molecule has 0 aliphatic carbocycles. The molecule has 3 heterocycles. The summed E-state index contributed by atoms with van der Waals surface area (Å²) in [7, 11) is 0. The Morgan fingerprint density at radius 3 is 3.20 bits per heavy atom. The zero-order valence-corrected chi connectivity index (χ0v) is 8.96. The Bertz CT molecular complexity index is 385. The van der Waals surface area contributed by atoms with Gasteiger partial charge in [-0.1, -0.05) is 0 Å². The van der Waals surface area contributed by atoms with Crippen molar-refractivity contribution in [1.29, 1.82) is 0 Å². The van der Waals surface area contributed by atoms with Gasteiger partial charge < -0.3 is 9.47 Å². The van der Waals surface area contributed by atoms with Gasteiger partial charge in [0.05, 0.1) is 18.9 Å². The van der Waals surface area contributed by atoms with Gasteiger partial charge in [-0.15, -0.1) is 0 Å². The van der Waals surface area contributed by atoms with Crippen LogP contribution < -0.4 is 0 Å². The fourth-order valence-corrected chi connectivity index (χ4v) is 2.37. The van der Waals surface area contributed by atoms with E-state index in [0.29, 0.717) is 13.2 Å². The highest BCUT2D eigenvalue weighted by molar-refractivity contribution is 6.28. The molecule has 80 valence electrons. The molecule has 2 aliphatic heterocycles. The molecule has 1 aromatic heterocycles. The maximum atomic E-state index is 5.82. The number of halogens is 1. The van der Waals surface area contributed by atoms with E-state index in [9.17, 15) is 0 Å². The molecule has 0 saturated carbocycles. The van der Waals surface area contributed by atoms with Gasteiger partial charge in [0.25, 0.3) is 0 Å². The van der Waals surface area contributed by atoms with E-state index in [1.807, 2.05) is 0 Å². The summed E-state index contributed by atoms with van der Waals surface area (Å²) in [5.74, 6) is 0. The van der Waals surface area contributed by atoms with Crippen LogP contribution in [-0.4, -0.2) is 23.2 Å². The summed E-state index contributed by atoms with van der Waals surface area (Å²) in [5.41, 5.74) is 1.59. The van der Waals surface area contributed by atoms with Gasteiger partial charge in [-0.3, -0.25) is 0 Å². The van der Waals surface area contributed by atoms with Crippen molar-refractivity contribution in [2.24, 2.45) is 0 Å². The van der Waals surface area contributed by atoms with Gasteiger partial charge in [-0.25, -0.2) is 9.97 Å². The highest BCUT2D eigenvalue weighted by Gasteiger charge is 2.43. The van der Waals surface area contributed by atoms with Crippen molar-refractivity contribution in [2.45, 2.75) is 25.0 Å². The van der Waals surface area contributed by atoms with Gasteiger partial charge in [0.1, 0.15) is 5.60 Å². The van der Waals surface area contributed by atoms with Crippen LogP contribution in [0.2, 0.25) is 5.28 Å². The highest BCUT2D eigenvalue weighted by atomic mass is 35.5. The van der Waals surface area contributed by atoms with Crippen LogP contribution in [0.25, 0.3) is 0 Å². The minimum absolute atomic E-state index is 0.282. The standard InChI is InChI=1S/C10H11ClN2O2/c11-9-12-4-7-5-15-10(8(7)13-9)2-1-3-14-6-10/h4H,1-3,5-6H2/t10-/m1/s1. The Morgan fingerprint density at radius 2 is 2.40 bits per heavy atom. The molecule has 1 atom stereocenters. The minimum Gasteiger partial charge on any atom is -0.378 e. The van der Waals surface area contributed by atoms with Crippen LogP contribution in [0.15, 0.2) is 6.20 Å². The molecule has 2 aliphatic rings. The third kappa shape index (κ3) is 1.44. The van der Waals surface area contributed by atoms with E-state index in [4.69, 9.17) is 21.1 Å². The predicted octanol–water partition coefficient (Wildman–Crippen LogP) is 1.67. The summed E-state index contributed by atoms with van der Waals surface area (Å²) in [4.78, 5) is 8.24. The second-order valence-electron chi connectivity index (χ2n) is 3.95. The summed E-state index contributed by atoms with van der Waals surface area (Å²) in [5, 5.41) is 0.282. The van der Waals surface area contributed by atoms with Crippen LogP contribution in [0.4, 0.5) is 0 Å². The molecule has 1 aromatic rings. The van der Waals surface area contributed by atoms with Gasteiger partial charge >= 0.3 is 0 Å². The Morgan fingerprint density at radius 1 is 1.47 bits per heavy atom. The lowest BCUT2D eigenvalue weighted by atomic mass is 9.92. The molecular formula is C10H11ClN2O2. The van der Waals surface area contributed by atoms with Crippen LogP contribution in [0, 0.1) is 0 Å². The number of hydrogen-bond acceptors (Lipinski definition) is 4. The molecule has 0 N–H and O–H groups in total. The molecular weight excluding hydrogens is 216 g/mol. The second-order valence-corrected chi connectivity index (χ2v) is 4.29. The topological polar surface area (TPSA) is 44.2 Å². The SMILES string of the molecule is Clc1ncc2c(n1)[C@]1(CCCOC1)OC2. The molecule has 5 heteroatoms. The zero-order valence-electron chi connectivity index (χ0n) is 8.20. The molecule has 15 heavy (non-hydrogen) atoms. The third-order valence-corrected chi connectivity index (χ3v) is 3.16. The third-order valence-electron chi connectivity index (χ3n) is 2.98. The second kappa shape index (κ2) is 3.40. The van der Waals surface area contributed by atoms with E-state index in [1.165, 1.54) is 0 Å². The van der Waals surface area contributed by atoms with Gasteiger partial charge in [-0.05, 0) is 24.4 Å². The summed E-state index contributed by atoms with van der Waals surface area (Å²) < 4.78 is 11.3. The smallest absolute Gasteiger partial charge is 0.222 e. The monoisotopic (exact) mass is 226 g/mol. The maximum absolute atomic E-state index is 5.82. The Kier molecular flexibility index (Phi) is 2.16. The van der Waals surface area contributed by atoms with Crippen molar-refractivity contribution in [3.05, 3.63) is 22.7 Å². The Balaban J connectivity index is 2.05. The Labute approximate surface area is 92.6 Å². The van der Waals surface area contributed by atoms with E-state index in [0.717, 1.165) is 30.7 Å². The normalized spacial score (nSPS) is 29.4. The van der Waals surface area contributed by atoms with Gasteiger partial charge in [-0.2, -0.15) is 0 Å². The van der Waals surface area contributed by atoms with E-state index < -0.39 is 0 Å². The van der Waals surface area contributed by atoms with E-state index in [2.05, 4.69) is 9.97 Å². The molecule has 1 saturated heterocycles. The van der Waals surface area contributed by atoms with Gasteiger partial charge in [0.2, 0.25) is 5.28 Å². The fourth-order valence-electron chi connectivity index (χ4n) is 2.24. The minimum atomic E-state index is -0.361. The molecule has 0 amide bonds. The van der Waals surface area contributed by atoms with Gasteiger partial charge in [0, 0.05) is 18.4 Å². The van der Waals surface area contributed by atoms with E-state index in [-0.39, 0.29) is 10.9 Å². The number of hydrogen-bond donors (Lipinski definition) is 0. The van der Waals surface area contributed by atoms with Crippen molar-refractivity contribution in [3.63, 3.8) is 0 Å². The predicted molar refractivity (Wildman–Crippen MR) is 53.6 cm³/mol. The molecule has 0 aromatic carbocycles. The summed E-state index contributed by atoms with van der Waals surface area (Å²) in [6.07, 6.45) is 3.70. The molecule has 1 spiro atoms. The lowest BCUT2D eigenvalue weighted by molar-refractivity contribution is -0.127. The van der Waals surface area contributed by atoms with Crippen LogP contribution in [0.3, 0.4) is 0 Å². The number of aromatic nitrogens is 2. The summed E-state index contributed by atoms with van der Waals surface area (Å²) in [6, 6.07) is 0. The fraction of sp³-hybridized carbons (Fsp3) is 0.600. The maximum Gasteiger partial charge on any atom is 0.222 e. The number of nitrogens with zero attached hydrogens (tertiary/aromatic N) is 2. The lowest BCUT2D eigenvalue weighted by Crippen LogP contribution is -2.36. The average molecular weight is 227 g/mol. The quantitative estimate of drug-likeness (QED) is 0.632. The van der Waals surface area contributed by atoms with E-state index in [1.54, 1.807) is 6.20 Å². The average Bonchev–Trinajstić information content (AvgIpc) is 2.59. The van der Waals surface area contributed by atoms with Crippen LogP contribution >= 0.6 is 11.6 Å². The highest BCUT2D eigenvalue weighted by Crippen LogP contribution is 2.40. The van der Waals surface area contributed by atoms with Crippen molar-refractivity contribution in [2.75, 3.05) is 13.2 Å². The first-order chi connectivity index (χ1) is 7.30. The number of rotatable bonds is 0. The molecule has 0 radical (unpaired) electrons. The van der Waals surface area contributed by atoms with Crippen molar-refractivity contribution < 1.29 is 9.47 Å². The first-order valence-electron chi connectivity index (χ1n) is 5.04. The number of fused-ring (bicyclic) bond motifs is 2. The van der Waals surface area contributed by atoms with E-state index >= 15 is 0 Å². The van der Waals surface area contributed by atoms with Gasteiger partial charge in [0.15, 0.2) is 0 Å². The molecule has 3 rings (SSSR count). The number of ether oxygens (including phenoxy) is 2. The van der Waals surface area contributed by atoms with Crippen LogP contribution in [-0.2, 0) is 21.7 Å². The first-order valence-corrected chi connectivity index (χ1v) is 5.42. The van der Waals surface area contributed by atoms with Crippen molar-refractivity contribution in [3.8, 4) is 0 Å². The summed E-state index contributed by atoms with van der Waals surface area (Å²) in [6.45, 7) is 1.95. The van der Waals surface area contributed by atoms with Crippen LogP contribution in [0.1, 0.15) is 24.1 Å². The van der Waals surface area contributed by atoms with Crippen molar-refractivity contribution >= 4 is 11.6 Å². The first kappa shape index (κ1) is 9.51. The van der Waals surface area contributed by atoms with Crippen LogP contribution in [0.5, 0.6) is 0 Å². The molecule has 0 bridgehead atoms. The molecule has 0 unspecified atom stereocenters.